The summed E-state index contributed by atoms with van der Waals surface area (Å²) in [5.74, 6) is 0.106. The largest absolute Gasteiger partial charge is 0.462 e. The molecule has 0 aliphatic rings. The summed E-state index contributed by atoms with van der Waals surface area (Å²) in [6.45, 7) is 1.86. The summed E-state index contributed by atoms with van der Waals surface area (Å²) in [6.07, 6.45) is 2.38. The van der Waals surface area contributed by atoms with Gasteiger partial charge in [0.05, 0.1) is 12.8 Å². The van der Waals surface area contributed by atoms with Gasteiger partial charge >= 0.3 is 5.97 Å². The molecule has 2 aromatic heterocycles. The Morgan fingerprint density at radius 2 is 2.00 bits per heavy atom. The van der Waals surface area contributed by atoms with Gasteiger partial charge in [-0.2, -0.15) is 0 Å². The fourth-order valence-electron chi connectivity index (χ4n) is 2.22. The second-order valence-corrected chi connectivity index (χ2v) is 5.41. The maximum Gasteiger partial charge on any atom is 0.343 e. The van der Waals surface area contributed by atoms with E-state index in [9.17, 15) is 14.0 Å². The summed E-state index contributed by atoms with van der Waals surface area (Å²) >= 11 is 0. The number of esters is 1. The van der Waals surface area contributed by atoms with E-state index in [0.29, 0.717) is 17.3 Å². The third-order valence-corrected chi connectivity index (χ3v) is 3.46. The number of benzene rings is 1. The molecule has 27 heavy (non-hydrogen) atoms. The van der Waals surface area contributed by atoms with Crippen LogP contribution in [-0.2, 0) is 4.74 Å². The van der Waals surface area contributed by atoms with E-state index in [1.807, 2.05) is 0 Å². The maximum absolute atomic E-state index is 12.8. The molecule has 0 spiro atoms. The molecule has 3 rings (SSSR count). The standard InChI is InChI=1S/C19H16FN3O4/c1-2-26-19(25)15-11-21-17(9-16(15)24)23-13-4-6-14(7-5-13)27-18-8-3-12(20)10-22-18/h3-11H,2H2,1H3,(H2,21,23,24). The number of aromatic nitrogens is 2. The van der Waals surface area contributed by atoms with Crippen LogP contribution in [0.1, 0.15) is 17.3 Å². The van der Waals surface area contributed by atoms with Crippen molar-refractivity contribution >= 4 is 17.5 Å². The third-order valence-electron chi connectivity index (χ3n) is 3.46. The normalized spacial score (nSPS) is 10.3. The van der Waals surface area contributed by atoms with Crippen molar-refractivity contribution in [1.82, 2.24) is 9.97 Å². The first-order valence-corrected chi connectivity index (χ1v) is 8.11. The van der Waals surface area contributed by atoms with Crippen LogP contribution in [0.5, 0.6) is 11.6 Å². The lowest BCUT2D eigenvalue weighted by Gasteiger charge is -2.09. The highest BCUT2D eigenvalue weighted by Crippen LogP contribution is 2.22. The Morgan fingerprint density at radius 3 is 2.63 bits per heavy atom. The lowest BCUT2D eigenvalue weighted by Crippen LogP contribution is -2.17. The molecule has 0 aliphatic heterocycles. The van der Waals surface area contributed by atoms with Gasteiger partial charge in [0.1, 0.15) is 22.9 Å². The Kier molecular flexibility index (Phi) is 5.46. The number of anilines is 2. The Morgan fingerprint density at radius 1 is 1.22 bits per heavy atom. The van der Waals surface area contributed by atoms with E-state index in [1.165, 1.54) is 24.4 Å². The molecule has 2 N–H and O–H groups in total. The first-order chi connectivity index (χ1) is 13.0. The molecule has 0 saturated carbocycles. The highest BCUT2D eigenvalue weighted by molar-refractivity contribution is 5.89. The molecule has 7 nitrogen and oxygen atoms in total. The van der Waals surface area contributed by atoms with Crippen molar-refractivity contribution in [2.45, 2.75) is 6.92 Å². The van der Waals surface area contributed by atoms with Gasteiger partial charge in [0, 0.05) is 24.0 Å². The average molecular weight is 369 g/mol. The molecule has 8 heteroatoms. The quantitative estimate of drug-likeness (QED) is 0.645. The summed E-state index contributed by atoms with van der Waals surface area (Å²) < 4.78 is 23.2. The first kappa shape index (κ1) is 18.1. The molecule has 0 atom stereocenters. The molecule has 0 saturated heterocycles. The van der Waals surface area contributed by atoms with E-state index in [4.69, 9.17) is 9.47 Å². The Bertz CT molecular complexity index is 985. The Labute approximate surface area is 153 Å². The summed E-state index contributed by atoms with van der Waals surface area (Å²) in [5.41, 5.74) is 0.184. The minimum absolute atomic E-state index is 0.0575. The Balaban J connectivity index is 1.67. The third kappa shape index (κ3) is 4.69. The van der Waals surface area contributed by atoms with Gasteiger partial charge < -0.3 is 19.8 Å². The number of nitrogens with zero attached hydrogens (tertiary/aromatic N) is 1. The van der Waals surface area contributed by atoms with Crippen LogP contribution in [0, 0.1) is 5.82 Å². The topological polar surface area (TPSA) is 93.3 Å². The zero-order valence-electron chi connectivity index (χ0n) is 14.4. The molecule has 0 unspecified atom stereocenters. The molecular weight excluding hydrogens is 353 g/mol. The number of halogens is 1. The van der Waals surface area contributed by atoms with Gasteiger partial charge in [0.15, 0.2) is 5.43 Å². The summed E-state index contributed by atoms with van der Waals surface area (Å²) in [7, 11) is 0. The molecule has 138 valence electrons. The smallest absolute Gasteiger partial charge is 0.343 e. The van der Waals surface area contributed by atoms with Crippen molar-refractivity contribution in [3.8, 4) is 11.6 Å². The zero-order valence-corrected chi connectivity index (χ0v) is 14.4. The Hall–Kier alpha value is -3.68. The predicted molar refractivity (Wildman–Crippen MR) is 97.0 cm³/mol. The van der Waals surface area contributed by atoms with E-state index in [2.05, 4.69) is 15.3 Å². The van der Waals surface area contributed by atoms with Crippen LogP contribution >= 0.6 is 0 Å². The molecule has 1 aromatic carbocycles. The summed E-state index contributed by atoms with van der Waals surface area (Å²) in [4.78, 5) is 30.3. The zero-order chi connectivity index (χ0) is 19.2. The lowest BCUT2D eigenvalue weighted by molar-refractivity contribution is 0.0524. The predicted octanol–water partition coefficient (Wildman–Crippen LogP) is 3.62. The van der Waals surface area contributed by atoms with E-state index < -0.39 is 17.2 Å². The van der Waals surface area contributed by atoms with Crippen LogP contribution in [-0.4, -0.2) is 22.5 Å². The van der Waals surface area contributed by atoms with Crippen molar-refractivity contribution in [1.29, 1.82) is 0 Å². The highest BCUT2D eigenvalue weighted by Gasteiger charge is 2.11. The van der Waals surface area contributed by atoms with Gasteiger partial charge in [-0.3, -0.25) is 4.79 Å². The number of pyridine rings is 2. The lowest BCUT2D eigenvalue weighted by atomic mass is 10.2. The van der Waals surface area contributed by atoms with Crippen molar-refractivity contribution in [3.63, 3.8) is 0 Å². The monoisotopic (exact) mass is 369 g/mol. The number of nitrogens with one attached hydrogen (secondary N) is 2. The second kappa shape index (κ2) is 8.13. The van der Waals surface area contributed by atoms with Crippen molar-refractivity contribution in [2.75, 3.05) is 11.9 Å². The minimum atomic E-state index is -0.666. The number of hydrogen-bond donors (Lipinski definition) is 2. The van der Waals surface area contributed by atoms with Gasteiger partial charge in [-0.1, -0.05) is 0 Å². The van der Waals surface area contributed by atoms with Crippen molar-refractivity contribution in [2.24, 2.45) is 0 Å². The molecule has 0 radical (unpaired) electrons. The van der Waals surface area contributed by atoms with E-state index in [1.54, 1.807) is 31.2 Å². The first-order valence-electron chi connectivity index (χ1n) is 8.11. The molecule has 0 bridgehead atoms. The van der Waals surface area contributed by atoms with Gasteiger partial charge in [0.2, 0.25) is 5.88 Å². The molecule has 2 heterocycles. The maximum atomic E-state index is 12.8. The molecular formula is C19H16FN3O4. The van der Waals surface area contributed by atoms with E-state index in [-0.39, 0.29) is 18.1 Å². The van der Waals surface area contributed by atoms with Crippen molar-refractivity contribution < 1.29 is 18.7 Å². The number of carbonyl (C=O) groups is 1. The van der Waals surface area contributed by atoms with E-state index in [0.717, 1.165) is 6.20 Å². The summed E-state index contributed by atoms with van der Waals surface area (Å²) in [5, 5.41) is 3.01. The molecule has 0 amide bonds. The molecule has 3 aromatic rings. The number of H-pyrrole nitrogens is 1. The fourth-order valence-corrected chi connectivity index (χ4v) is 2.22. The summed E-state index contributed by atoms with van der Waals surface area (Å²) in [6, 6.07) is 10.8. The number of hydrogen-bond acceptors (Lipinski definition) is 6. The van der Waals surface area contributed by atoms with Gasteiger partial charge in [-0.25, -0.2) is 14.2 Å². The molecule has 0 aliphatic carbocycles. The van der Waals surface area contributed by atoms with Crippen LogP contribution in [0.4, 0.5) is 15.9 Å². The van der Waals surface area contributed by atoms with Crippen molar-refractivity contribution in [3.05, 3.63) is 76.5 Å². The van der Waals surface area contributed by atoms with Crippen LogP contribution < -0.4 is 15.5 Å². The van der Waals surface area contributed by atoms with Gasteiger partial charge in [-0.15, -0.1) is 0 Å². The van der Waals surface area contributed by atoms with Crippen LogP contribution in [0.3, 0.4) is 0 Å². The van der Waals surface area contributed by atoms with Crippen LogP contribution in [0.15, 0.2) is 59.7 Å². The number of rotatable bonds is 6. The number of carbonyl (C=O) groups excluding carboxylic acids is 1. The highest BCUT2D eigenvalue weighted by atomic mass is 19.1. The van der Waals surface area contributed by atoms with Gasteiger partial charge in [-0.05, 0) is 37.3 Å². The number of aromatic amines is 1. The fraction of sp³-hybridized carbons (Fsp3) is 0.105. The average Bonchev–Trinajstić information content (AvgIpc) is 2.65. The van der Waals surface area contributed by atoms with Crippen LogP contribution in [0.2, 0.25) is 0 Å². The molecule has 0 fully saturated rings. The minimum Gasteiger partial charge on any atom is -0.462 e. The number of ether oxygens (including phenoxy) is 2. The second-order valence-electron chi connectivity index (χ2n) is 5.41. The SMILES string of the molecule is CCOC(=O)c1c[nH]c(Nc2ccc(Oc3ccc(F)cn3)cc2)cc1=O. The van der Waals surface area contributed by atoms with E-state index >= 15 is 0 Å². The van der Waals surface area contributed by atoms with Gasteiger partial charge in [0.25, 0.3) is 0 Å². The van der Waals surface area contributed by atoms with Crippen LogP contribution in [0.25, 0.3) is 0 Å².